The first-order valence-electron chi connectivity index (χ1n) is 8.43. The van der Waals surface area contributed by atoms with E-state index in [0.29, 0.717) is 24.5 Å². The van der Waals surface area contributed by atoms with Gasteiger partial charge in [0.05, 0.1) is 18.9 Å². The van der Waals surface area contributed by atoms with Crippen molar-refractivity contribution in [2.45, 2.75) is 25.8 Å². The zero-order valence-electron chi connectivity index (χ0n) is 13.9. The minimum Gasteiger partial charge on any atom is -0.468 e. The number of carbonyl (C=O) groups excluding carboxylic acids is 1. The summed E-state index contributed by atoms with van der Waals surface area (Å²) in [6.07, 6.45) is 5.77. The predicted molar refractivity (Wildman–Crippen MR) is 90.9 cm³/mol. The van der Waals surface area contributed by atoms with Gasteiger partial charge in [-0.05, 0) is 57.1 Å². The molecule has 0 spiro atoms. The molecule has 1 atom stereocenters. The van der Waals surface area contributed by atoms with Crippen LogP contribution in [0.2, 0.25) is 0 Å². The van der Waals surface area contributed by atoms with Gasteiger partial charge in [-0.25, -0.2) is 9.78 Å². The van der Waals surface area contributed by atoms with Gasteiger partial charge in [-0.3, -0.25) is 4.90 Å². The van der Waals surface area contributed by atoms with E-state index >= 15 is 0 Å². The van der Waals surface area contributed by atoms with Gasteiger partial charge in [-0.1, -0.05) is 0 Å². The summed E-state index contributed by atoms with van der Waals surface area (Å²) in [5.41, 5.74) is 0.457. The quantitative estimate of drug-likeness (QED) is 0.787. The van der Waals surface area contributed by atoms with Gasteiger partial charge in [-0.15, -0.1) is 0 Å². The smallest absolute Gasteiger partial charge is 0.341 e. The first-order chi connectivity index (χ1) is 11.8. The average molecular weight is 329 g/mol. The molecule has 2 aromatic rings. The zero-order chi connectivity index (χ0) is 16.8. The number of hydrogen-bond donors (Lipinski definition) is 1. The van der Waals surface area contributed by atoms with Crippen LogP contribution in [-0.4, -0.2) is 42.1 Å². The van der Waals surface area contributed by atoms with Crippen molar-refractivity contribution < 1.29 is 13.9 Å². The fourth-order valence-electron chi connectivity index (χ4n) is 3.06. The molecule has 0 aliphatic carbocycles. The summed E-state index contributed by atoms with van der Waals surface area (Å²) >= 11 is 0. The molecular weight excluding hydrogens is 306 g/mol. The molecule has 24 heavy (non-hydrogen) atoms. The van der Waals surface area contributed by atoms with Crippen molar-refractivity contribution >= 4 is 11.8 Å². The highest BCUT2D eigenvalue weighted by Crippen LogP contribution is 2.26. The Morgan fingerprint density at radius 3 is 2.92 bits per heavy atom. The Kier molecular flexibility index (Phi) is 5.48. The largest absolute Gasteiger partial charge is 0.468 e. The highest BCUT2D eigenvalue weighted by atomic mass is 16.5. The molecule has 1 saturated heterocycles. The van der Waals surface area contributed by atoms with E-state index in [1.54, 1.807) is 31.5 Å². The third kappa shape index (κ3) is 3.76. The third-order valence-electron chi connectivity index (χ3n) is 4.22. The normalized spacial score (nSPS) is 16.0. The van der Waals surface area contributed by atoms with Gasteiger partial charge in [0.1, 0.15) is 17.1 Å². The van der Waals surface area contributed by atoms with Crippen LogP contribution in [0.15, 0.2) is 41.1 Å². The number of hydrogen-bond acceptors (Lipinski definition) is 6. The maximum atomic E-state index is 12.1. The number of rotatable bonds is 7. The lowest BCUT2D eigenvalue weighted by Crippen LogP contribution is -2.31. The number of esters is 1. The summed E-state index contributed by atoms with van der Waals surface area (Å²) in [5.74, 6) is 1.12. The maximum absolute atomic E-state index is 12.1. The average Bonchev–Trinajstić information content (AvgIpc) is 3.30. The SMILES string of the molecule is CCOC(=O)c1cccnc1NCC(c1ccco1)N1CCCC1. The monoisotopic (exact) mass is 329 g/mol. The van der Waals surface area contributed by atoms with Gasteiger partial charge in [0.15, 0.2) is 0 Å². The second-order valence-corrected chi connectivity index (χ2v) is 5.78. The first kappa shape index (κ1) is 16.5. The van der Waals surface area contributed by atoms with E-state index in [9.17, 15) is 4.79 Å². The van der Waals surface area contributed by atoms with Crippen molar-refractivity contribution in [3.8, 4) is 0 Å². The Balaban J connectivity index is 1.74. The van der Waals surface area contributed by atoms with Gasteiger partial charge in [0, 0.05) is 12.7 Å². The second kappa shape index (κ2) is 7.97. The summed E-state index contributed by atoms with van der Waals surface area (Å²) in [6, 6.07) is 7.49. The number of carbonyl (C=O) groups is 1. The highest BCUT2D eigenvalue weighted by Gasteiger charge is 2.26. The maximum Gasteiger partial charge on any atom is 0.341 e. The Morgan fingerprint density at radius 1 is 1.38 bits per heavy atom. The Hall–Kier alpha value is -2.34. The minimum absolute atomic E-state index is 0.125. The molecule has 2 aromatic heterocycles. The molecule has 0 bridgehead atoms. The van der Waals surface area contributed by atoms with E-state index in [2.05, 4.69) is 15.2 Å². The van der Waals surface area contributed by atoms with Crippen LogP contribution in [0.1, 0.15) is 41.9 Å². The lowest BCUT2D eigenvalue weighted by Gasteiger charge is -2.26. The molecule has 0 radical (unpaired) electrons. The van der Waals surface area contributed by atoms with Crippen LogP contribution < -0.4 is 5.32 Å². The lowest BCUT2D eigenvalue weighted by molar-refractivity contribution is 0.0527. The van der Waals surface area contributed by atoms with Gasteiger partial charge in [0.25, 0.3) is 0 Å². The molecule has 0 aromatic carbocycles. The van der Waals surface area contributed by atoms with Gasteiger partial charge >= 0.3 is 5.97 Å². The molecule has 1 N–H and O–H groups in total. The van der Waals surface area contributed by atoms with E-state index < -0.39 is 0 Å². The zero-order valence-corrected chi connectivity index (χ0v) is 13.9. The molecule has 0 amide bonds. The molecule has 128 valence electrons. The molecule has 1 unspecified atom stereocenters. The molecular formula is C18H23N3O3. The van der Waals surface area contributed by atoms with Crippen molar-refractivity contribution in [1.82, 2.24) is 9.88 Å². The van der Waals surface area contributed by atoms with Crippen molar-refractivity contribution in [1.29, 1.82) is 0 Å². The van der Waals surface area contributed by atoms with Gasteiger partial charge in [0.2, 0.25) is 0 Å². The van der Waals surface area contributed by atoms with E-state index in [0.717, 1.165) is 18.8 Å². The van der Waals surface area contributed by atoms with Crippen LogP contribution in [0.4, 0.5) is 5.82 Å². The van der Waals surface area contributed by atoms with Crippen LogP contribution in [0.25, 0.3) is 0 Å². The molecule has 1 aliphatic heterocycles. The Labute approximate surface area is 141 Å². The van der Waals surface area contributed by atoms with Crippen molar-refractivity contribution in [2.75, 3.05) is 31.6 Å². The summed E-state index contributed by atoms with van der Waals surface area (Å²) in [7, 11) is 0. The van der Waals surface area contributed by atoms with E-state index in [1.165, 1.54) is 12.8 Å². The predicted octanol–water partition coefficient (Wildman–Crippen LogP) is 3.10. The van der Waals surface area contributed by atoms with Crippen LogP contribution in [0, 0.1) is 0 Å². The van der Waals surface area contributed by atoms with Gasteiger partial charge in [-0.2, -0.15) is 0 Å². The molecule has 6 heteroatoms. The fourth-order valence-corrected chi connectivity index (χ4v) is 3.06. The van der Waals surface area contributed by atoms with E-state index in [1.807, 2.05) is 12.1 Å². The number of nitrogens with zero attached hydrogens (tertiary/aromatic N) is 2. The number of likely N-dealkylation sites (tertiary alicyclic amines) is 1. The number of aromatic nitrogens is 1. The Morgan fingerprint density at radius 2 is 2.21 bits per heavy atom. The molecule has 1 fully saturated rings. The minimum atomic E-state index is -0.358. The number of nitrogens with one attached hydrogen (secondary N) is 1. The molecule has 6 nitrogen and oxygen atoms in total. The van der Waals surface area contributed by atoms with Crippen molar-refractivity contribution in [2.24, 2.45) is 0 Å². The first-order valence-corrected chi connectivity index (χ1v) is 8.43. The van der Waals surface area contributed by atoms with Crippen molar-refractivity contribution in [3.63, 3.8) is 0 Å². The van der Waals surface area contributed by atoms with Crippen LogP contribution in [0.5, 0.6) is 0 Å². The summed E-state index contributed by atoms with van der Waals surface area (Å²) in [4.78, 5) is 18.8. The van der Waals surface area contributed by atoms with Crippen LogP contribution >= 0.6 is 0 Å². The topological polar surface area (TPSA) is 67.6 Å². The fraction of sp³-hybridized carbons (Fsp3) is 0.444. The van der Waals surface area contributed by atoms with E-state index in [4.69, 9.17) is 9.15 Å². The molecule has 3 rings (SSSR count). The molecule has 1 aliphatic rings. The standard InChI is InChI=1S/C18H23N3O3/c1-2-23-18(22)14-7-5-9-19-17(14)20-13-15(16-8-6-12-24-16)21-10-3-4-11-21/h5-9,12,15H,2-4,10-11,13H2,1H3,(H,19,20). The second-order valence-electron chi connectivity index (χ2n) is 5.78. The van der Waals surface area contributed by atoms with Crippen molar-refractivity contribution in [3.05, 3.63) is 48.0 Å². The number of furan rings is 1. The lowest BCUT2D eigenvalue weighted by atomic mass is 10.2. The number of anilines is 1. The molecule has 3 heterocycles. The third-order valence-corrected chi connectivity index (χ3v) is 4.22. The Bertz CT molecular complexity index is 651. The van der Waals surface area contributed by atoms with Crippen LogP contribution in [-0.2, 0) is 4.74 Å². The van der Waals surface area contributed by atoms with Crippen LogP contribution in [0.3, 0.4) is 0 Å². The number of pyridine rings is 1. The summed E-state index contributed by atoms with van der Waals surface area (Å²) < 4.78 is 10.7. The summed E-state index contributed by atoms with van der Waals surface area (Å²) in [6.45, 7) is 4.87. The highest BCUT2D eigenvalue weighted by molar-refractivity contribution is 5.94. The molecule has 0 saturated carbocycles. The number of ether oxygens (including phenoxy) is 1. The summed E-state index contributed by atoms with van der Waals surface area (Å²) in [5, 5.41) is 3.30. The van der Waals surface area contributed by atoms with Gasteiger partial charge < -0.3 is 14.5 Å². The van der Waals surface area contributed by atoms with E-state index in [-0.39, 0.29) is 12.0 Å².